The van der Waals surface area contributed by atoms with E-state index < -0.39 is 0 Å². The molecule has 0 aliphatic carbocycles. The van der Waals surface area contributed by atoms with Crippen molar-refractivity contribution >= 4 is 11.7 Å². The minimum absolute atomic E-state index is 0.0270. The summed E-state index contributed by atoms with van der Waals surface area (Å²) in [5.41, 5.74) is 8.80. The number of nitrogens with two attached hydrogens (primary N) is 1. The van der Waals surface area contributed by atoms with E-state index in [9.17, 15) is 4.79 Å². The van der Waals surface area contributed by atoms with Crippen LogP contribution in [0.15, 0.2) is 60.8 Å². The first-order chi connectivity index (χ1) is 11.6. The van der Waals surface area contributed by atoms with Crippen LogP contribution in [0.4, 0.5) is 5.95 Å². The Kier molecular flexibility index (Phi) is 4.33. The molecule has 5 heteroatoms. The highest BCUT2D eigenvalue weighted by Crippen LogP contribution is 2.22. The number of nitrogen functional groups attached to an aromatic ring is 1. The highest BCUT2D eigenvalue weighted by Gasteiger charge is 2.20. The van der Waals surface area contributed by atoms with Crippen molar-refractivity contribution in [1.29, 1.82) is 0 Å². The van der Waals surface area contributed by atoms with Crippen LogP contribution in [-0.2, 0) is 13.6 Å². The first kappa shape index (κ1) is 15.8. The molecule has 1 aromatic heterocycles. The number of rotatable bonds is 5. The molecule has 1 heterocycles. The first-order valence-electron chi connectivity index (χ1n) is 7.67. The molecule has 2 N–H and O–H groups in total. The van der Waals surface area contributed by atoms with Crippen LogP contribution in [0.25, 0.3) is 11.3 Å². The molecule has 0 unspecified atom stereocenters. The van der Waals surface area contributed by atoms with Crippen molar-refractivity contribution in [2.24, 2.45) is 7.05 Å². The number of methoxy groups -OCH3 is 1. The Morgan fingerprint density at radius 2 is 1.79 bits per heavy atom. The molecule has 2 aromatic carbocycles. The molecule has 3 aromatic rings. The number of ketones is 1. The molecule has 0 spiro atoms. The van der Waals surface area contributed by atoms with Gasteiger partial charge in [-0.05, 0) is 24.3 Å². The number of imidazole rings is 1. The lowest BCUT2D eigenvalue weighted by atomic mass is 10.1. The van der Waals surface area contributed by atoms with Gasteiger partial charge in [-0.2, -0.15) is 0 Å². The van der Waals surface area contributed by atoms with E-state index in [2.05, 4.69) is 0 Å². The lowest BCUT2D eigenvalue weighted by Gasteiger charge is -2.01. The number of hydrogen-bond donors (Lipinski definition) is 1. The Balaban J connectivity index is 1.89. The number of benzene rings is 2. The fourth-order valence-electron chi connectivity index (χ4n) is 2.64. The van der Waals surface area contributed by atoms with E-state index in [1.807, 2.05) is 72.4 Å². The monoisotopic (exact) mass is 322 g/mol. The molecule has 0 aliphatic heterocycles. The maximum absolute atomic E-state index is 12.4. The summed E-state index contributed by atoms with van der Waals surface area (Å²) < 4.78 is 8.83. The maximum atomic E-state index is 12.4. The Labute approximate surface area is 140 Å². The molecule has 0 amide bonds. The zero-order valence-corrected chi connectivity index (χ0v) is 13.8. The summed E-state index contributed by atoms with van der Waals surface area (Å²) in [6, 6.07) is 17.0. The quantitative estimate of drug-likeness (QED) is 0.580. The number of anilines is 1. The molecular weight excluding hydrogens is 302 g/mol. The predicted molar refractivity (Wildman–Crippen MR) is 92.8 cm³/mol. The molecule has 0 atom stereocenters. The molecule has 24 heavy (non-hydrogen) atoms. The number of carbonyl (C=O) groups excluding carboxylic acids is 1. The van der Waals surface area contributed by atoms with E-state index in [1.165, 1.54) is 0 Å². The second-order valence-electron chi connectivity index (χ2n) is 5.58. The van der Waals surface area contributed by atoms with Crippen molar-refractivity contribution < 1.29 is 14.1 Å². The van der Waals surface area contributed by atoms with Crippen LogP contribution < -0.4 is 15.0 Å². The zero-order valence-electron chi connectivity index (χ0n) is 13.8. The van der Waals surface area contributed by atoms with Gasteiger partial charge in [0, 0.05) is 11.1 Å². The normalized spacial score (nSPS) is 10.6. The minimum Gasteiger partial charge on any atom is -0.497 e. The van der Waals surface area contributed by atoms with E-state index in [1.54, 1.807) is 11.7 Å². The van der Waals surface area contributed by atoms with E-state index in [0.717, 1.165) is 17.0 Å². The summed E-state index contributed by atoms with van der Waals surface area (Å²) in [4.78, 5) is 12.4. The van der Waals surface area contributed by atoms with Crippen LogP contribution in [0.2, 0.25) is 0 Å². The number of hydrogen-bond acceptors (Lipinski definition) is 3. The van der Waals surface area contributed by atoms with Gasteiger partial charge in [-0.15, -0.1) is 0 Å². The molecule has 0 fully saturated rings. The van der Waals surface area contributed by atoms with Crippen LogP contribution in [0, 0.1) is 0 Å². The fraction of sp³-hybridized carbons (Fsp3) is 0.158. The summed E-state index contributed by atoms with van der Waals surface area (Å²) in [6.07, 6.45) is 1.90. The molecule has 5 nitrogen and oxygen atoms in total. The van der Waals surface area contributed by atoms with E-state index in [0.29, 0.717) is 11.5 Å². The Morgan fingerprint density at radius 1 is 1.12 bits per heavy atom. The third-order valence-corrected chi connectivity index (χ3v) is 4.07. The van der Waals surface area contributed by atoms with Gasteiger partial charge in [0.05, 0.1) is 14.2 Å². The van der Waals surface area contributed by atoms with Crippen molar-refractivity contribution in [2.75, 3.05) is 12.8 Å². The van der Waals surface area contributed by atoms with Crippen molar-refractivity contribution in [3.05, 3.63) is 66.4 Å². The number of ether oxygens (including phenoxy) is 1. The minimum atomic E-state index is 0.0270. The fourth-order valence-corrected chi connectivity index (χ4v) is 2.64. The average molecular weight is 322 g/mol. The number of aromatic nitrogens is 2. The van der Waals surface area contributed by atoms with Crippen molar-refractivity contribution in [3.63, 3.8) is 0 Å². The predicted octanol–water partition coefficient (Wildman–Crippen LogP) is 2.45. The molecule has 0 bridgehead atoms. The SMILES string of the molecule is COc1ccc(-c2c[n+](CC(=O)c3ccccc3)c(N)n2C)cc1. The van der Waals surface area contributed by atoms with Gasteiger partial charge in [0.1, 0.15) is 24.2 Å². The van der Waals surface area contributed by atoms with Gasteiger partial charge >= 0.3 is 5.95 Å². The highest BCUT2D eigenvalue weighted by molar-refractivity contribution is 5.95. The Bertz CT molecular complexity index is 852. The first-order valence-corrected chi connectivity index (χ1v) is 7.67. The van der Waals surface area contributed by atoms with Crippen LogP contribution >= 0.6 is 0 Å². The third-order valence-electron chi connectivity index (χ3n) is 4.07. The molecule has 0 saturated carbocycles. The molecule has 3 rings (SSSR count). The van der Waals surface area contributed by atoms with Gasteiger partial charge in [0.25, 0.3) is 0 Å². The smallest absolute Gasteiger partial charge is 0.355 e. The van der Waals surface area contributed by atoms with Crippen molar-refractivity contribution in [3.8, 4) is 17.0 Å². The van der Waals surface area contributed by atoms with E-state index in [-0.39, 0.29) is 12.3 Å². The number of Topliss-reactive ketones (excluding diaryl/α,β-unsaturated/α-hetero) is 1. The third kappa shape index (κ3) is 3.01. The van der Waals surface area contributed by atoms with Gasteiger partial charge in [-0.3, -0.25) is 10.5 Å². The maximum Gasteiger partial charge on any atom is 0.355 e. The van der Waals surface area contributed by atoms with Crippen LogP contribution in [0.1, 0.15) is 10.4 Å². The summed E-state index contributed by atoms with van der Waals surface area (Å²) in [7, 11) is 3.52. The van der Waals surface area contributed by atoms with Gasteiger partial charge in [-0.1, -0.05) is 30.3 Å². The lowest BCUT2D eigenvalue weighted by Crippen LogP contribution is -2.39. The van der Waals surface area contributed by atoms with Gasteiger partial charge in [0.2, 0.25) is 0 Å². The molecular formula is C19H20N3O2+. The summed E-state index contributed by atoms with van der Waals surface area (Å²) in [5, 5.41) is 0. The van der Waals surface area contributed by atoms with Crippen molar-refractivity contribution in [2.45, 2.75) is 6.54 Å². The van der Waals surface area contributed by atoms with Crippen LogP contribution in [0.5, 0.6) is 5.75 Å². The van der Waals surface area contributed by atoms with Gasteiger partial charge < -0.3 is 4.74 Å². The topological polar surface area (TPSA) is 61.1 Å². The molecule has 122 valence electrons. The van der Waals surface area contributed by atoms with Gasteiger partial charge in [-0.25, -0.2) is 9.13 Å². The lowest BCUT2D eigenvalue weighted by molar-refractivity contribution is -0.667. The second kappa shape index (κ2) is 6.58. The Hall–Kier alpha value is -3.08. The van der Waals surface area contributed by atoms with Gasteiger partial charge in [0.15, 0.2) is 5.78 Å². The summed E-state index contributed by atoms with van der Waals surface area (Å²) >= 11 is 0. The standard InChI is InChI=1S/C19H19N3O2/c1-21-17(14-8-10-16(24-2)11-9-14)12-22(19(21)20)13-18(23)15-6-4-3-5-7-15/h3-12,20H,13H2,1-2H3/p+1. The molecule has 0 aliphatic rings. The molecule has 0 saturated heterocycles. The number of carbonyl (C=O) groups is 1. The zero-order chi connectivity index (χ0) is 17.1. The largest absolute Gasteiger partial charge is 0.497 e. The summed E-state index contributed by atoms with van der Waals surface area (Å²) in [6.45, 7) is 0.208. The number of nitrogens with zero attached hydrogens (tertiary/aromatic N) is 2. The van der Waals surface area contributed by atoms with E-state index >= 15 is 0 Å². The average Bonchev–Trinajstić information content (AvgIpc) is 2.91. The summed E-state index contributed by atoms with van der Waals surface area (Å²) in [5.74, 6) is 1.36. The highest BCUT2D eigenvalue weighted by atomic mass is 16.5. The second-order valence-corrected chi connectivity index (χ2v) is 5.58. The molecule has 0 radical (unpaired) electrons. The Morgan fingerprint density at radius 3 is 2.42 bits per heavy atom. The van der Waals surface area contributed by atoms with Crippen LogP contribution in [0.3, 0.4) is 0 Å². The van der Waals surface area contributed by atoms with Crippen LogP contribution in [-0.4, -0.2) is 17.5 Å². The van der Waals surface area contributed by atoms with E-state index in [4.69, 9.17) is 10.5 Å². The van der Waals surface area contributed by atoms with Crippen molar-refractivity contribution in [1.82, 2.24) is 4.57 Å².